The summed E-state index contributed by atoms with van der Waals surface area (Å²) in [4.78, 5) is 16.4. The van der Waals surface area contributed by atoms with E-state index in [2.05, 4.69) is 107 Å². The number of aromatic nitrogens is 3. The molecule has 0 N–H and O–H groups in total. The number of aryl methyl sites for hydroxylation is 3. The second-order valence-electron chi connectivity index (χ2n) is 9.02. The van der Waals surface area contributed by atoms with Crippen LogP contribution in [0.1, 0.15) is 38.9 Å². The zero-order chi connectivity index (χ0) is 23.9. The number of rotatable bonds is 4. The van der Waals surface area contributed by atoms with Gasteiger partial charge in [-0.25, -0.2) is 15.0 Å². The van der Waals surface area contributed by atoms with E-state index in [0.717, 1.165) is 22.8 Å². The van der Waals surface area contributed by atoms with Crippen molar-refractivity contribution in [2.45, 2.75) is 48.5 Å². The molecular formula is C29H32N4. The summed E-state index contributed by atoms with van der Waals surface area (Å²) >= 11 is 0. The Bertz CT molecular complexity index is 1290. The molecule has 0 amide bonds. The number of nitrogens with zero attached hydrogens (tertiary/aromatic N) is 4. The normalized spacial score (nSPS) is 11.0. The van der Waals surface area contributed by atoms with Gasteiger partial charge in [-0.1, -0.05) is 35.9 Å². The highest BCUT2D eigenvalue weighted by atomic mass is 15.1. The molecule has 0 unspecified atom stereocenters. The molecule has 0 atom stereocenters. The van der Waals surface area contributed by atoms with Gasteiger partial charge < -0.3 is 4.90 Å². The third-order valence-electron chi connectivity index (χ3n) is 6.76. The number of hydrogen-bond acceptors (Lipinski definition) is 4. The molecule has 4 aromatic rings. The summed E-state index contributed by atoms with van der Waals surface area (Å²) in [5.74, 6) is 1.46. The summed E-state index contributed by atoms with van der Waals surface area (Å²) in [6.45, 7) is 15.1. The quantitative estimate of drug-likeness (QED) is 0.341. The maximum absolute atomic E-state index is 4.97. The molecule has 4 nitrogen and oxygen atoms in total. The van der Waals surface area contributed by atoms with Gasteiger partial charge in [-0.3, -0.25) is 0 Å². The Morgan fingerprint density at radius 1 is 0.636 bits per heavy atom. The number of para-hydroxylation sites is 1. The van der Waals surface area contributed by atoms with Crippen molar-refractivity contribution in [2.24, 2.45) is 0 Å². The third-order valence-corrected chi connectivity index (χ3v) is 6.76. The minimum absolute atomic E-state index is 0.731. The average Bonchev–Trinajstić information content (AvgIpc) is 2.78. The molecule has 0 aliphatic rings. The van der Waals surface area contributed by atoms with Crippen molar-refractivity contribution in [1.82, 2.24) is 15.0 Å². The van der Waals surface area contributed by atoms with Crippen LogP contribution in [0.15, 0.2) is 48.8 Å². The molecule has 0 spiro atoms. The first-order chi connectivity index (χ1) is 15.7. The Kier molecular flexibility index (Phi) is 6.03. The summed E-state index contributed by atoms with van der Waals surface area (Å²) in [6.07, 6.45) is 1.64. The van der Waals surface area contributed by atoms with Crippen LogP contribution in [0.2, 0.25) is 0 Å². The smallest absolute Gasteiger partial charge is 0.163 e. The van der Waals surface area contributed by atoms with Gasteiger partial charge in [0.2, 0.25) is 0 Å². The topological polar surface area (TPSA) is 41.9 Å². The lowest BCUT2D eigenvalue weighted by atomic mass is 9.90. The van der Waals surface area contributed by atoms with E-state index in [9.17, 15) is 0 Å². The van der Waals surface area contributed by atoms with Gasteiger partial charge in [-0.15, -0.1) is 0 Å². The Hall–Kier alpha value is -3.53. The summed E-state index contributed by atoms with van der Waals surface area (Å²) in [5.41, 5.74) is 13.1. The first-order valence-corrected chi connectivity index (χ1v) is 11.4. The zero-order valence-electron chi connectivity index (χ0n) is 20.9. The predicted octanol–water partition coefficient (Wildman–Crippen LogP) is 7.13. The van der Waals surface area contributed by atoms with Gasteiger partial charge in [0.25, 0.3) is 0 Å². The summed E-state index contributed by atoms with van der Waals surface area (Å²) < 4.78 is 0. The van der Waals surface area contributed by atoms with Crippen LogP contribution in [0.4, 0.5) is 11.4 Å². The lowest BCUT2D eigenvalue weighted by molar-refractivity contribution is 1.04. The van der Waals surface area contributed by atoms with E-state index >= 15 is 0 Å². The summed E-state index contributed by atoms with van der Waals surface area (Å²) in [5, 5.41) is 0. The molecule has 0 saturated heterocycles. The van der Waals surface area contributed by atoms with E-state index in [4.69, 9.17) is 4.98 Å². The van der Waals surface area contributed by atoms with Gasteiger partial charge >= 0.3 is 0 Å². The minimum Gasteiger partial charge on any atom is -0.344 e. The third kappa shape index (κ3) is 4.02. The van der Waals surface area contributed by atoms with Crippen LogP contribution in [-0.4, -0.2) is 22.0 Å². The van der Waals surface area contributed by atoms with Gasteiger partial charge in [0, 0.05) is 29.5 Å². The fourth-order valence-corrected chi connectivity index (χ4v) is 4.98. The van der Waals surface area contributed by atoms with Crippen molar-refractivity contribution in [3.8, 4) is 22.8 Å². The number of benzene rings is 3. The molecule has 3 aromatic carbocycles. The minimum atomic E-state index is 0.731. The van der Waals surface area contributed by atoms with Crippen LogP contribution in [0.5, 0.6) is 0 Å². The molecule has 1 aromatic heterocycles. The van der Waals surface area contributed by atoms with Crippen LogP contribution >= 0.6 is 0 Å². The fraction of sp³-hybridized carbons (Fsp3) is 0.276. The van der Waals surface area contributed by atoms with Crippen LogP contribution < -0.4 is 4.90 Å². The Morgan fingerprint density at radius 2 is 1.15 bits per heavy atom. The van der Waals surface area contributed by atoms with Crippen molar-refractivity contribution >= 4 is 11.4 Å². The van der Waals surface area contributed by atoms with E-state index < -0.39 is 0 Å². The average molecular weight is 437 g/mol. The zero-order valence-corrected chi connectivity index (χ0v) is 20.9. The van der Waals surface area contributed by atoms with E-state index in [1.165, 1.54) is 50.3 Å². The highest BCUT2D eigenvalue weighted by Crippen LogP contribution is 2.39. The Morgan fingerprint density at radius 3 is 1.70 bits per heavy atom. The molecule has 0 fully saturated rings. The first kappa shape index (κ1) is 22.7. The van der Waals surface area contributed by atoms with Crippen molar-refractivity contribution in [3.05, 3.63) is 87.7 Å². The van der Waals surface area contributed by atoms with Crippen LogP contribution in [0.3, 0.4) is 0 Å². The second-order valence-corrected chi connectivity index (χ2v) is 9.02. The van der Waals surface area contributed by atoms with Gasteiger partial charge in [-0.05, 0) is 94.0 Å². The molecule has 168 valence electrons. The van der Waals surface area contributed by atoms with Crippen molar-refractivity contribution in [2.75, 3.05) is 11.9 Å². The molecule has 1 heterocycles. The molecule has 33 heavy (non-hydrogen) atoms. The fourth-order valence-electron chi connectivity index (χ4n) is 4.98. The SMILES string of the molecule is Cc1cc(C)c(-c2ncnc(-c3c(C)c(C)c(N(C)c4ccccc4)c(C)c3C)n2)c(C)c1. The van der Waals surface area contributed by atoms with Gasteiger partial charge in [-0.2, -0.15) is 0 Å². The highest BCUT2D eigenvalue weighted by molar-refractivity contribution is 5.80. The number of hydrogen-bond donors (Lipinski definition) is 0. The van der Waals surface area contributed by atoms with E-state index in [1.807, 2.05) is 6.07 Å². The van der Waals surface area contributed by atoms with Gasteiger partial charge in [0.05, 0.1) is 0 Å². The maximum atomic E-state index is 4.97. The van der Waals surface area contributed by atoms with Crippen LogP contribution in [-0.2, 0) is 0 Å². The highest BCUT2D eigenvalue weighted by Gasteiger charge is 2.21. The summed E-state index contributed by atoms with van der Waals surface area (Å²) in [7, 11) is 2.13. The summed E-state index contributed by atoms with van der Waals surface area (Å²) in [6, 6.07) is 14.9. The lowest BCUT2D eigenvalue weighted by Crippen LogP contribution is -2.15. The maximum Gasteiger partial charge on any atom is 0.163 e. The van der Waals surface area contributed by atoms with Crippen LogP contribution in [0, 0.1) is 48.5 Å². The van der Waals surface area contributed by atoms with E-state index in [1.54, 1.807) is 6.33 Å². The molecule has 0 saturated carbocycles. The second kappa shape index (κ2) is 8.78. The van der Waals surface area contributed by atoms with Crippen molar-refractivity contribution in [1.29, 1.82) is 0 Å². The van der Waals surface area contributed by atoms with Gasteiger partial charge in [0.15, 0.2) is 11.6 Å². The molecule has 0 bridgehead atoms. The molecule has 0 aliphatic heterocycles. The largest absolute Gasteiger partial charge is 0.344 e. The monoisotopic (exact) mass is 436 g/mol. The Balaban J connectivity index is 1.88. The Labute approximate surface area is 197 Å². The van der Waals surface area contributed by atoms with Crippen LogP contribution in [0.25, 0.3) is 22.8 Å². The molecule has 4 rings (SSSR count). The molecule has 0 aliphatic carbocycles. The lowest BCUT2D eigenvalue weighted by Gasteiger charge is -2.28. The van der Waals surface area contributed by atoms with Crippen molar-refractivity contribution < 1.29 is 0 Å². The van der Waals surface area contributed by atoms with Crippen molar-refractivity contribution in [3.63, 3.8) is 0 Å². The standard InChI is InChI=1S/C29H32N4/c1-17-14-18(2)25(19(3)15-17)28-30-16-31-29(32-28)26-20(4)22(6)27(23(7)21(26)5)33(8)24-12-10-9-11-13-24/h9-16H,1-8H3. The first-order valence-electron chi connectivity index (χ1n) is 11.4. The van der Waals surface area contributed by atoms with E-state index in [-0.39, 0.29) is 0 Å². The number of anilines is 2. The predicted molar refractivity (Wildman–Crippen MR) is 138 cm³/mol. The molecular weight excluding hydrogens is 404 g/mol. The van der Waals surface area contributed by atoms with Gasteiger partial charge in [0.1, 0.15) is 6.33 Å². The van der Waals surface area contributed by atoms with E-state index in [0.29, 0.717) is 0 Å². The molecule has 0 radical (unpaired) electrons. The molecule has 4 heteroatoms.